The minimum Gasteiger partial charge on any atom is -0.376 e. The third-order valence-electron chi connectivity index (χ3n) is 6.26. The highest BCUT2D eigenvalue weighted by Crippen LogP contribution is 2.33. The van der Waals surface area contributed by atoms with E-state index in [1.807, 2.05) is 50.2 Å². The average molecular weight is 466 g/mol. The summed E-state index contributed by atoms with van der Waals surface area (Å²) in [6.45, 7) is 9.26. The number of hydrogen-bond acceptors (Lipinski definition) is 5. The number of amidine groups is 1. The van der Waals surface area contributed by atoms with Crippen LogP contribution in [-0.2, 0) is 14.3 Å². The van der Waals surface area contributed by atoms with E-state index in [1.165, 1.54) is 17.3 Å². The second-order valence-corrected chi connectivity index (χ2v) is 10.0. The van der Waals surface area contributed by atoms with E-state index in [0.29, 0.717) is 11.7 Å². The number of anilines is 1. The number of aliphatic imine (C=N–C) groups is 1. The van der Waals surface area contributed by atoms with Crippen molar-refractivity contribution >= 4 is 40.1 Å². The van der Waals surface area contributed by atoms with Crippen molar-refractivity contribution in [3.8, 4) is 0 Å². The lowest BCUT2D eigenvalue weighted by Gasteiger charge is -2.20. The molecule has 1 N–H and O–H groups in total. The quantitative estimate of drug-likeness (QED) is 0.647. The van der Waals surface area contributed by atoms with Gasteiger partial charge in [-0.3, -0.25) is 14.5 Å². The van der Waals surface area contributed by atoms with E-state index < -0.39 is 5.25 Å². The van der Waals surface area contributed by atoms with Crippen molar-refractivity contribution in [2.24, 2.45) is 4.99 Å². The molecular formula is C26H31N3O3S. The zero-order valence-corrected chi connectivity index (χ0v) is 20.5. The number of aryl methyl sites for hydroxylation is 4. The number of hydrogen-bond donors (Lipinski definition) is 1. The number of thioether (sulfide) groups is 1. The number of rotatable bonds is 6. The van der Waals surface area contributed by atoms with Gasteiger partial charge in [0.2, 0.25) is 11.8 Å². The molecule has 0 bridgehead atoms. The van der Waals surface area contributed by atoms with Crippen molar-refractivity contribution in [1.29, 1.82) is 0 Å². The van der Waals surface area contributed by atoms with E-state index in [0.717, 1.165) is 47.5 Å². The molecule has 2 aliphatic rings. The van der Waals surface area contributed by atoms with E-state index in [4.69, 9.17) is 9.73 Å². The predicted molar refractivity (Wildman–Crippen MR) is 134 cm³/mol. The Morgan fingerprint density at radius 1 is 1.12 bits per heavy atom. The first-order chi connectivity index (χ1) is 15.8. The zero-order valence-electron chi connectivity index (χ0n) is 19.7. The number of carbonyl (C=O) groups excluding carboxylic acids is 2. The maximum atomic E-state index is 13.3. The van der Waals surface area contributed by atoms with Gasteiger partial charge in [0, 0.05) is 18.7 Å². The van der Waals surface area contributed by atoms with E-state index >= 15 is 0 Å². The lowest BCUT2D eigenvalue weighted by atomic mass is 10.1. The number of amides is 2. The molecule has 2 saturated heterocycles. The van der Waals surface area contributed by atoms with Crippen LogP contribution in [0, 0.1) is 27.7 Å². The van der Waals surface area contributed by atoms with Crippen LogP contribution in [0.15, 0.2) is 41.4 Å². The highest BCUT2D eigenvalue weighted by molar-refractivity contribution is 8.15. The van der Waals surface area contributed by atoms with Crippen molar-refractivity contribution < 1.29 is 14.3 Å². The van der Waals surface area contributed by atoms with Crippen LogP contribution in [0.2, 0.25) is 0 Å². The monoisotopic (exact) mass is 465 g/mol. The summed E-state index contributed by atoms with van der Waals surface area (Å²) in [5.41, 5.74) is 5.99. The van der Waals surface area contributed by atoms with Crippen LogP contribution in [0.3, 0.4) is 0 Å². The molecule has 0 spiro atoms. The van der Waals surface area contributed by atoms with Gasteiger partial charge in [0.1, 0.15) is 5.25 Å². The van der Waals surface area contributed by atoms with Crippen LogP contribution < -0.4 is 5.32 Å². The van der Waals surface area contributed by atoms with Gasteiger partial charge in [-0.1, -0.05) is 36.0 Å². The summed E-state index contributed by atoms with van der Waals surface area (Å²) >= 11 is 1.37. The average Bonchev–Trinajstić information content (AvgIpc) is 3.38. The highest BCUT2D eigenvalue weighted by atomic mass is 32.2. The molecule has 0 saturated carbocycles. The van der Waals surface area contributed by atoms with Gasteiger partial charge in [-0.05, 0) is 74.9 Å². The van der Waals surface area contributed by atoms with Gasteiger partial charge in [0.15, 0.2) is 5.17 Å². The van der Waals surface area contributed by atoms with Crippen molar-refractivity contribution in [1.82, 2.24) is 4.90 Å². The minimum absolute atomic E-state index is 0.0155. The topological polar surface area (TPSA) is 71.0 Å². The Hall–Kier alpha value is -2.64. The van der Waals surface area contributed by atoms with E-state index in [1.54, 1.807) is 4.90 Å². The maximum Gasteiger partial charge on any atom is 0.242 e. The van der Waals surface area contributed by atoms with Crippen LogP contribution in [0.1, 0.15) is 41.5 Å². The number of carbonyl (C=O) groups is 2. The smallest absolute Gasteiger partial charge is 0.242 e. The Morgan fingerprint density at radius 2 is 1.88 bits per heavy atom. The molecule has 0 aromatic heterocycles. The second-order valence-electron chi connectivity index (χ2n) is 8.87. The minimum atomic E-state index is -0.499. The SMILES string of the molecule is Cc1ccc(N=C2SC(CC(=O)Nc3c(C)cccc3C)C(=O)N2CC2CCCO2)cc1C. The fraction of sp³-hybridized carbons (Fsp3) is 0.423. The number of benzene rings is 2. The zero-order chi connectivity index (χ0) is 23.5. The van der Waals surface area contributed by atoms with Crippen molar-refractivity contribution in [2.45, 2.75) is 58.3 Å². The molecular weight excluding hydrogens is 434 g/mol. The van der Waals surface area contributed by atoms with Gasteiger partial charge in [-0.15, -0.1) is 0 Å². The Labute approximate surface area is 199 Å². The Kier molecular flexibility index (Phi) is 7.20. The molecule has 6 nitrogen and oxygen atoms in total. The molecule has 2 heterocycles. The third kappa shape index (κ3) is 5.47. The summed E-state index contributed by atoms with van der Waals surface area (Å²) in [4.78, 5) is 32.7. The summed E-state index contributed by atoms with van der Waals surface area (Å²) in [6, 6.07) is 11.9. The van der Waals surface area contributed by atoms with Gasteiger partial charge in [0.25, 0.3) is 0 Å². The molecule has 2 aliphatic heterocycles. The summed E-state index contributed by atoms with van der Waals surface area (Å²) in [6.07, 6.45) is 2.06. The van der Waals surface area contributed by atoms with Crippen LogP contribution in [0.5, 0.6) is 0 Å². The first-order valence-electron chi connectivity index (χ1n) is 11.4. The Bertz CT molecular complexity index is 1070. The van der Waals surface area contributed by atoms with Gasteiger partial charge >= 0.3 is 0 Å². The summed E-state index contributed by atoms with van der Waals surface area (Å²) in [7, 11) is 0. The first-order valence-corrected chi connectivity index (χ1v) is 12.3. The van der Waals surface area contributed by atoms with Crippen molar-refractivity contribution in [3.63, 3.8) is 0 Å². The van der Waals surface area contributed by atoms with Crippen LogP contribution >= 0.6 is 11.8 Å². The van der Waals surface area contributed by atoms with Crippen LogP contribution in [0.4, 0.5) is 11.4 Å². The largest absolute Gasteiger partial charge is 0.376 e. The molecule has 0 aliphatic carbocycles. The molecule has 174 valence electrons. The number of nitrogens with zero attached hydrogens (tertiary/aromatic N) is 2. The third-order valence-corrected chi connectivity index (χ3v) is 7.44. The molecule has 2 fully saturated rings. The molecule has 2 amide bonds. The maximum absolute atomic E-state index is 13.3. The van der Waals surface area contributed by atoms with E-state index in [2.05, 4.69) is 19.2 Å². The molecule has 2 aromatic carbocycles. The van der Waals surface area contributed by atoms with Gasteiger partial charge in [-0.25, -0.2) is 4.99 Å². The van der Waals surface area contributed by atoms with Crippen molar-refractivity contribution in [3.05, 3.63) is 58.7 Å². The van der Waals surface area contributed by atoms with E-state index in [-0.39, 0.29) is 24.3 Å². The summed E-state index contributed by atoms with van der Waals surface area (Å²) in [5, 5.41) is 3.15. The lowest BCUT2D eigenvalue weighted by Crippen LogP contribution is -2.38. The molecule has 0 radical (unpaired) electrons. The second kappa shape index (κ2) is 10.1. The molecule has 2 aromatic rings. The molecule has 4 rings (SSSR count). The normalized spacial score (nSPS) is 21.8. The fourth-order valence-corrected chi connectivity index (χ4v) is 5.33. The summed E-state index contributed by atoms with van der Waals surface area (Å²) in [5.74, 6) is -0.238. The van der Waals surface area contributed by atoms with E-state index in [9.17, 15) is 9.59 Å². The van der Waals surface area contributed by atoms with Gasteiger partial charge < -0.3 is 10.1 Å². The lowest BCUT2D eigenvalue weighted by molar-refractivity contribution is -0.129. The first kappa shape index (κ1) is 23.5. The standard InChI is InChI=1S/C26H31N3O3S/c1-16-10-11-20(13-19(16)4)27-26-29(15-21-9-6-12-32-21)25(31)22(33-26)14-23(30)28-24-17(2)7-5-8-18(24)3/h5,7-8,10-11,13,21-22H,6,9,12,14-15H2,1-4H3,(H,28,30). The fourth-order valence-electron chi connectivity index (χ4n) is 4.16. The van der Waals surface area contributed by atoms with Gasteiger partial charge in [0.05, 0.1) is 18.3 Å². The molecule has 33 heavy (non-hydrogen) atoms. The number of para-hydroxylation sites is 1. The predicted octanol–water partition coefficient (Wildman–Crippen LogP) is 5.06. The van der Waals surface area contributed by atoms with Gasteiger partial charge in [-0.2, -0.15) is 0 Å². The van der Waals surface area contributed by atoms with Crippen LogP contribution in [0.25, 0.3) is 0 Å². The molecule has 7 heteroatoms. The number of ether oxygens (including phenoxy) is 1. The number of nitrogens with one attached hydrogen (secondary N) is 1. The van der Waals surface area contributed by atoms with Crippen LogP contribution in [-0.4, -0.2) is 46.4 Å². The van der Waals surface area contributed by atoms with Crippen molar-refractivity contribution in [2.75, 3.05) is 18.5 Å². The molecule has 2 unspecified atom stereocenters. The molecule has 2 atom stereocenters. The summed E-state index contributed by atoms with van der Waals surface area (Å²) < 4.78 is 5.78. The Morgan fingerprint density at radius 3 is 2.55 bits per heavy atom. The highest BCUT2D eigenvalue weighted by Gasteiger charge is 2.40. The Balaban J connectivity index is 1.53.